The molecular formula is C26H25ClF2N2O2. The van der Waals surface area contributed by atoms with Crippen LogP contribution >= 0.6 is 11.6 Å². The number of halogens is 3. The van der Waals surface area contributed by atoms with Gasteiger partial charge in [0.15, 0.2) is 0 Å². The molecule has 0 radical (unpaired) electrons. The molecular weight excluding hydrogens is 446 g/mol. The van der Waals surface area contributed by atoms with Crippen molar-refractivity contribution in [3.63, 3.8) is 0 Å². The molecule has 0 amide bonds. The van der Waals surface area contributed by atoms with Crippen LogP contribution in [0.2, 0.25) is 5.02 Å². The Labute approximate surface area is 197 Å². The molecule has 0 spiro atoms. The van der Waals surface area contributed by atoms with Crippen LogP contribution in [0.5, 0.6) is 0 Å². The Bertz CT molecular complexity index is 1210. The summed E-state index contributed by atoms with van der Waals surface area (Å²) in [5.41, 5.74) is 3.96. The number of aromatic nitrogens is 1. The number of rotatable bonds is 9. The average molecular weight is 471 g/mol. The van der Waals surface area contributed by atoms with E-state index in [2.05, 4.69) is 30.1 Å². The van der Waals surface area contributed by atoms with Crippen LogP contribution in [0.1, 0.15) is 66.0 Å². The lowest BCUT2D eigenvalue weighted by Crippen LogP contribution is -2.04. The number of unbranched alkanes of at least 4 members (excludes halogenated alkanes) is 1. The SMILES string of the molecule is CCCC=C(CCN=C(C)c1cc(C(=O)c2cc(F)ccc2F)on1)c1cc(Cl)ccc1C. The Morgan fingerprint density at radius 1 is 1.15 bits per heavy atom. The Balaban J connectivity index is 1.74. The van der Waals surface area contributed by atoms with E-state index in [1.54, 1.807) is 6.92 Å². The maximum absolute atomic E-state index is 13.9. The number of aliphatic imine (C=N–C) groups is 1. The van der Waals surface area contributed by atoms with Crippen LogP contribution < -0.4 is 0 Å². The Morgan fingerprint density at radius 2 is 1.94 bits per heavy atom. The molecule has 0 atom stereocenters. The molecule has 33 heavy (non-hydrogen) atoms. The average Bonchev–Trinajstić information content (AvgIpc) is 3.29. The molecule has 0 aliphatic carbocycles. The van der Waals surface area contributed by atoms with E-state index >= 15 is 0 Å². The highest BCUT2D eigenvalue weighted by atomic mass is 35.5. The number of hydrogen-bond acceptors (Lipinski definition) is 4. The van der Waals surface area contributed by atoms with Gasteiger partial charge in [0.1, 0.15) is 17.3 Å². The summed E-state index contributed by atoms with van der Waals surface area (Å²) < 4.78 is 32.4. The lowest BCUT2D eigenvalue weighted by Gasteiger charge is -2.11. The largest absolute Gasteiger partial charge is 0.352 e. The standard InChI is InChI=1S/C26H25ClF2N2O2/c1-4-5-6-18(21-13-19(27)8-7-16(21)2)11-12-30-17(3)24-15-25(33-31-24)26(32)22-14-20(28)9-10-23(22)29/h6-10,13-15H,4-5,11-12H2,1-3H3. The molecule has 0 aliphatic rings. The normalized spacial score (nSPS) is 12.3. The van der Waals surface area contributed by atoms with Crippen molar-refractivity contribution < 1.29 is 18.1 Å². The Morgan fingerprint density at radius 3 is 2.70 bits per heavy atom. The van der Waals surface area contributed by atoms with Crippen molar-refractivity contribution >= 4 is 28.7 Å². The van der Waals surface area contributed by atoms with Gasteiger partial charge < -0.3 is 4.52 Å². The van der Waals surface area contributed by atoms with Crippen molar-refractivity contribution in [2.45, 2.75) is 40.0 Å². The van der Waals surface area contributed by atoms with E-state index in [1.807, 2.05) is 18.2 Å². The predicted octanol–water partition coefficient (Wildman–Crippen LogP) is 7.23. The van der Waals surface area contributed by atoms with Crippen molar-refractivity contribution in [1.29, 1.82) is 0 Å². The van der Waals surface area contributed by atoms with Crippen LogP contribution in [-0.2, 0) is 0 Å². The second kappa shape index (κ2) is 11.1. The topological polar surface area (TPSA) is 55.5 Å². The van der Waals surface area contributed by atoms with E-state index in [9.17, 15) is 13.6 Å². The highest BCUT2D eigenvalue weighted by Crippen LogP contribution is 2.26. The van der Waals surface area contributed by atoms with Crippen LogP contribution in [0.3, 0.4) is 0 Å². The second-order valence-electron chi connectivity index (χ2n) is 7.72. The first-order valence-electron chi connectivity index (χ1n) is 10.7. The Kier molecular flexibility index (Phi) is 8.28. The highest BCUT2D eigenvalue weighted by molar-refractivity contribution is 6.30. The minimum absolute atomic E-state index is 0.179. The smallest absolute Gasteiger partial charge is 0.234 e. The van der Waals surface area contributed by atoms with E-state index in [1.165, 1.54) is 11.6 Å². The minimum Gasteiger partial charge on any atom is -0.352 e. The summed E-state index contributed by atoms with van der Waals surface area (Å²) in [7, 11) is 0. The Hall–Kier alpha value is -3.12. The van der Waals surface area contributed by atoms with Crippen LogP contribution in [0.4, 0.5) is 8.78 Å². The first-order valence-corrected chi connectivity index (χ1v) is 11.1. The lowest BCUT2D eigenvalue weighted by atomic mass is 9.97. The summed E-state index contributed by atoms with van der Waals surface area (Å²) in [5, 5.41) is 4.56. The van der Waals surface area contributed by atoms with Gasteiger partial charge in [-0.05, 0) is 73.7 Å². The number of aryl methyl sites for hydroxylation is 1. The molecule has 172 valence electrons. The fourth-order valence-corrected chi connectivity index (χ4v) is 3.56. The third kappa shape index (κ3) is 6.23. The number of hydrogen-bond donors (Lipinski definition) is 0. The van der Waals surface area contributed by atoms with Crippen LogP contribution in [0.15, 0.2) is 58.1 Å². The third-order valence-corrected chi connectivity index (χ3v) is 5.47. The number of allylic oxidation sites excluding steroid dienone is 1. The van der Waals surface area contributed by atoms with Gasteiger partial charge in [0.25, 0.3) is 0 Å². The summed E-state index contributed by atoms with van der Waals surface area (Å²) in [6.45, 7) is 6.44. The van der Waals surface area contributed by atoms with E-state index in [-0.39, 0.29) is 5.76 Å². The summed E-state index contributed by atoms with van der Waals surface area (Å²) >= 11 is 6.20. The van der Waals surface area contributed by atoms with Crippen molar-refractivity contribution in [2.75, 3.05) is 6.54 Å². The number of benzene rings is 2. The maximum atomic E-state index is 13.9. The van der Waals surface area contributed by atoms with Gasteiger partial charge in [-0.3, -0.25) is 9.79 Å². The van der Waals surface area contributed by atoms with Gasteiger partial charge in [-0.2, -0.15) is 0 Å². The minimum atomic E-state index is -0.826. The summed E-state index contributed by atoms with van der Waals surface area (Å²) in [6.07, 6.45) is 4.91. The van der Waals surface area contributed by atoms with Gasteiger partial charge in [-0.25, -0.2) is 8.78 Å². The quantitative estimate of drug-likeness (QED) is 0.245. The molecule has 2 aromatic carbocycles. The highest BCUT2D eigenvalue weighted by Gasteiger charge is 2.20. The maximum Gasteiger partial charge on any atom is 0.234 e. The second-order valence-corrected chi connectivity index (χ2v) is 8.16. The molecule has 0 saturated heterocycles. The van der Waals surface area contributed by atoms with E-state index < -0.39 is 23.0 Å². The number of ketones is 1. The van der Waals surface area contributed by atoms with E-state index in [0.29, 0.717) is 29.4 Å². The monoisotopic (exact) mass is 470 g/mol. The molecule has 4 nitrogen and oxygen atoms in total. The molecule has 1 aromatic heterocycles. The zero-order chi connectivity index (χ0) is 24.0. The molecule has 3 aromatic rings. The summed E-state index contributed by atoms with van der Waals surface area (Å²) in [6, 6.07) is 9.92. The van der Waals surface area contributed by atoms with Gasteiger partial charge in [0, 0.05) is 17.6 Å². The molecule has 3 rings (SSSR count). The zero-order valence-electron chi connectivity index (χ0n) is 18.8. The lowest BCUT2D eigenvalue weighted by molar-refractivity contribution is 0.0996. The van der Waals surface area contributed by atoms with Crippen LogP contribution in [-0.4, -0.2) is 23.2 Å². The van der Waals surface area contributed by atoms with Gasteiger partial charge in [0.05, 0.1) is 11.3 Å². The van der Waals surface area contributed by atoms with Gasteiger partial charge >= 0.3 is 0 Å². The van der Waals surface area contributed by atoms with Crippen molar-refractivity contribution in [3.05, 3.63) is 93.3 Å². The first-order chi connectivity index (χ1) is 15.8. The first kappa shape index (κ1) is 24.5. The predicted molar refractivity (Wildman–Crippen MR) is 127 cm³/mol. The van der Waals surface area contributed by atoms with Gasteiger partial charge in [-0.1, -0.05) is 42.2 Å². The third-order valence-electron chi connectivity index (χ3n) is 5.23. The van der Waals surface area contributed by atoms with Crippen LogP contribution in [0.25, 0.3) is 5.57 Å². The molecule has 1 heterocycles. The fourth-order valence-electron chi connectivity index (χ4n) is 3.39. The van der Waals surface area contributed by atoms with E-state index in [0.717, 1.165) is 42.2 Å². The van der Waals surface area contributed by atoms with Crippen molar-refractivity contribution in [1.82, 2.24) is 5.16 Å². The molecule has 7 heteroatoms. The van der Waals surface area contributed by atoms with Gasteiger partial charge in [-0.15, -0.1) is 0 Å². The molecule has 0 bridgehead atoms. The van der Waals surface area contributed by atoms with E-state index in [4.69, 9.17) is 16.1 Å². The fraction of sp³-hybridized carbons (Fsp3) is 0.269. The molecule has 0 unspecified atom stereocenters. The number of nitrogens with zero attached hydrogens (tertiary/aromatic N) is 2. The van der Waals surface area contributed by atoms with Crippen LogP contribution in [0, 0.1) is 18.6 Å². The molecule has 0 fully saturated rings. The zero-order valence-corrected chi connectivity index (χ0v) is 19.5. The van der Waals surface area contributed by atoms with Gasteiger partial charge in [0.2, 0.25) is 11.5 Å². The summed E-state index contributed by atoms with van der Waals surface area (Å²) in [4.78, 5) is 17.0. The van der Waals surface area contributed by atoms with Crippen molar-refractivity contribution in [3.8, 4) is 0 Å². The molecule has 0 aliphatic heterocycles. The van der Waals surface area contributed by atoms with Crippen molar-refractivity contribution in [2.24, 2.45) is 4.99 Å². The number of carbonyl (C=O) groups excluding carboxylic acids is 1. The number of carbonyl (C=O) groups is 1. The summed E-state index contributed by atoms with van der Waals surface area (Å²) in [5.74, 6) is -2.49. The molecule has 0 N–H and O–H groups in total. The molecule has 0 saturated carbocycles.